The van der Waals surface area contributed by atoms with Gasteiger partial charge in [-0.3, -0.25) is 9.59 Å². The Morgan fingerprint density at radius 3 is 2.06 bits per heavy atom. The molecule has 0 radical (unpaired) electrons. The van der Waals surface area contributed by atoms with Crippen LogP contribution in [0.3, 0.4) is 0 Å². The van der Waals surface area contributed by atoms with E-state index in [1.807, 2.05) is 55.5 Å². The average molecular weight is 437 g/mol. The largest absolute Gasteiger partial charge is 0.494 e. The minimum atomic E-state index is -1.17. The molecule has 7 rings (SSSR count). The quantitative estimate of drug-likeness (QED) is 0.443. The minimum absolute atomic E-state index is 0.243. The molecule has 2 bridgehead atoms. The van der Waals surface area contributed by atoms with Gasteiger partial charge in [0.1, 0.15) is 12.0 Å². The molecule has 5 heteroatoms. The van der Waals surface area contributed by atoms with E-state index >= 15 is 0 Å². The molecule has 1 heterocycles. The Bertz CT molecular complexity index is 1250. The fourth-order valence-electron chi connectivity index (χ4n) is 6.20. The standard InChI is InChI=1S/C28H23NO4/c1-2-15-33-18-13-11-17(12-14-18)29-26(31)24-23-19-7-3-5-9-21(19)28(16-30,25(24)27(29)32)22-10-6-4-8-20(22)23/h3-14,16,23-25H,2,15H2,1H3/t23?,24-,25+,28?/m0/s1. The Labute approximate surface area is 192 Å². The number of amides is 2. The SMILES string of the molecule is CCCOc1ccc(N2C(=O)[C@H]3C4c5ccccc5C(C=O)(c5ccccc54)[C@H]3C2=O)cc1. The van der Waals surface area contributed by atoms with Gasteiger partial charge in [0.15, 0.2) is 0 Å². The number of imide groups is 1. The maximum Gasteiger partial charge on any atom is 0.239 e. The summed E-state index contributed by atoms with van der Waals surface area (Å²) in [4.78, 5) is 42.0. The number of nitrogens with zero attached hydrogens (tertiary/aromatic N) is 1. The highest BCUT2D eigenvalue weighted by molar-refractivity contribution is 6.24. The molecule has 1 fully saturated rings. The van der Waals surface area contributed by atoms with Gasteiger partial charge in [-0.25, -0.2) is 4.90 Å². The van der Waals surface area contributed by atoms with Crippen molar-refractivity contribution in [2.45, 2.75) is 24.7 Å². The maximum atomic E-state index is 13.9. The third-order valence-corrected chi connectivity index (χ3v) is 7.44. The highest BCUT2D eigenvalue weighted by Crippen LogP contribution is 2.63. The molecule has 0 unspecified atom stereocenters. The van der Waals surface area contributed by atoms with Gasteiger partial charge in [-0.05, 0) is 52.9 Å². The second-order valence-electron chi connectivity index (χ2n) is 9.00. The first-order valence-corrected chi connectivity index (χ1v) is 11.4. The maximum absolute atomic E-state index is 13.9. The summed E-state index contributed by atoms with van der Waals surface area (Å²) in [5.74, 6) is -1.48. The Balaban J connectivity index is 1.51. The number of carbonyl (C=O) groups is 3. The topological polar surface area (TPSA) is 63.7 Å². The molecule has 0 saturated carbocycles. The fraction of sp³-hybridized carbons (Fsp3) is 0.250. The van der Waals surface area contributed by atoms with Crippen LogP contribution in [0.2, 0.25) is 0 Å². The van der Waals surface area contributed by atoms with E-state index in [1.165, 1.54) is 4.90 Å². The van der Waals surface area contributed by atoms with Crippen LogP contribution in [0.15, 0.2) is 72.8 Å². The van der Waals surface area contributed by atoms with Crippen LogP contribution in [0, 0.1) is 11.8 Å². The van der Waals surface area contributed by atoms with Gasteiger partial charge < -0.3 is 9.53 Å². The second-order valence-corrected chi connectivity index (χ2v) is 9.00. The third-order valence-electron chi connectivity index (χ3n) is 7.44. The predicted molar refractivity (Wildman–Crippen MR) is 123 cm³/mol. The number of hydrogen-bond acceptors (Lipinski definition) is 4. The normalized spacial score (nSPS) is 26.6. The van der Waals surface area contributed by atoms with E-state index in [0.717, 1.165) is 35.0 Å². The van der Waals surface area contributed by atoms with Gasteiger partial charge in [0.05, 0.1) is 29.5 Å². The second kappa shape index (κ2) is 7.14. The molecule has 5 nitrogen and oxygen atoms in total. The predicted octanol–water partition coefficient (Wildman–Crippen LogP) is 4.23. The molecule has 4 aliphatic rings. The van der Waals surface area contributed by atoms with Crippen molar-refractivity contribution in [2.24, 2.45) is 11.8 Å². The summed E-state index contributed by atoms with van der Waals surface area (Å²) >= 11 is 0. The minimum Gasteiger partial charge on any atom is -0.494 e. The molecule has 1 aliphatic heterocycles. The molecule has 164 valence electrons. The van der Waals surface area contributed by atoms with Gasteiger partial charge in [0.25, 0.3) is 0 Å². The number of hydrogen-bond donors (Lipinski definition) is 0. The molecule has 0 aromatic heterocycles. The van der Waals surface area contributed by atoms with E-state index in [2.05, 4.69) is 0 Å². The first-order chi connectivity index (χ1) is 16.1. The van der Waals surface area contributed by atoms with Crippen LogP contribution in [-0.4, -0.2) is 24.7 Å². The van der Waals surface area contributed by atoms with Crippen molar-refractivity contribution in [3.8, 4) is 5.75 Å². The van der Waals surface area contributed by atoms with Crippen LogP contribution < -0.4 is 9.64 Å². The summed E-state index contributed by atoms with van der Waals surface area (Å²) in [6.45, 7) is 2.63. The summed E-state index contributed by atoms with van der Waals surface area (Å²) in [6.07, 6.45) is 1.79. The van der Waals surface area contributed by atoms with E-state index in [0.29, 0.717) is 18.0 Å². The number of carbonyl (C=O) groups excluding carboxylic acids is 3. The molecular weight excluding hydrogens is 414 g/mol. The molecular formula is C28H23NO4. The lowest BCUT2D eigenvalue weighted by Gasteiger charge is -2.51. The Morgan fingerprint density at radius 1 is 0.879 bits per heavy atom. The molecule has 0 spiro atoms. The Hall–Kier alpha value is -3.73. The first-order valence-electron chi connectivity index (χ1n) is 11.4. The van der Waals surface area contributed by atoms with Crippen molar-refractivity contribution in [1.82, 2.24) is 0 Å². The number of benzene rings is 3. The van der Waals surface area contributed by atoms with Crippen LogP contribution in [0.1, 0.15) is 41.5 Å². The molecule has 33 heavy (non-hydrogen) atoms. The van der Waals surface area contributed by atoms with Gasteiger partial charge in [-0.2, -0.15) is 0 Å². The van der Waals surface area contributed by atoms with Gasteiger partial charge >= 0.3 is 0 Å². The lowest BCUT2D eigenvalue weighted by Crippen LogP contribution is -2.54. The first kappa shape index (κ1) is 19.9. The summed E-state index contributed by atoms with van der Waals surface area (Å²) in [6, 6.07) is 22.6. The van der Waals surface area contributed by atoms with Crippen molar-refractivity contribution >= 4 is 23.8 Å². The van der Waals surface area contributed by atoms with Crippen LogP contribution >= 0.6 is 0 Å². The molecule has 2 amide bonds. The van der Waals surface area contributed by atoms with Crippen LogP contribution in [-0.2, 0) is 19.8 Å². The van der Waals surface area contributed by atoms with Crippen LogP contribution in [0.4, 0.5) is 5.69 Å². The Kier molecular flexibility index (Phi) is 4.31. The zero-order chi connectivity index (χ0) is 22.7. The van der Waals surface area contributed by atoms with Gasteiger partial charge in [-0.1, -0.05) is 55.5 Å². The van der Waals surface area contributed by atoms with Crippen LogP contribution in [0.25, 0.3) is 0 Å². The van der Waals surface area contributed by atoms with Gasteiger partial charge in [-0.15, -0.1) is 0 Å². The van der Waals surface area contributed by atoms with E-state index in [1.54, 1.807) is 24.3 Å². The molecule has 3 aromatic carbocycles. The number of rotatable bonds is 5. The third kappa shape index (κ3) is 2.45. The number of anilines is 1. The van der Waals surface area contributed by atoms with Crippen molar-refractivity contribution in [3.05, 3.63) is 95.1 Å². The fourth-order valence-corrected chi connectivity index (χ4v) is 6.20. The zero-order valence-electron chi connectivity index (χ0n) is 18.2. The van der Waals surface area contributed by atoms with Gasteiger partial charge in [0.2, 0.25) is 11.8 Å². The van der Waals surface area contributed by atoms with Gasteiger partial charge in [0, 0.05) is 5.92 Å². The number of ether oxygens (including phenoxy) is 1. The Morgan fingerprint density at radius 2 is 1.48 bits per heavy atom. The monoisotopic (exact) mass is 437 g/mol. The average Bonchev–Trinajstić information content (AvgIpc) is 3.14. The lowest BCUT2D eigenvalue weighted by atomic mass is 9.48. The molecule has 2 atom stereocenters. The zero-order valence-corrected chi connectivity index (χ0v) is 18.2. The highest BCUT2D eigenvalue weighted by atomic mass is 16.5. The smallest absolute Gasteiger partial charge is 0.239 e. The van der Waals surface area contributed by atoms with E-state index < -0.39 is 17.3 Å². The summed E-state index contributed by atoms with van der Waals surface area (Å²) in [5, 5.41) is 0. The van der Waals surface area contributed by atoms with E-state index in [-0.39, 0.29) is 17.7 Å². The highest BCUT2D eigenvalue weighted by Gasteiger charge is 2.68. The van der Waals surface area contributed by atoms with Crippen molar-refractivity contribution in [1.29, 1.82) is 0 Å². The lowest BCUT2D eigenvalue weighted by molar-refractivity contribution is -0.128. The molecule has 1 saturated heterocycles. The summed E-state index contributed by atoms with van der Waals surface area (Å²) < 4.78 is 5.65. The summed E-state index contributed by atoms with van der Waals surface area (Å²) in [5.41, 5.74) is 2.97. The van der Waals surface area contributed by atoms with Crippen molar-refractivity contribution in [3.63, 3.8) is 0 Å². The number of aldehydes is 1. The van der Waals surface area contributed by atoms with Crippen molar-refractivity contribution < 1.29 is 19.1 Å². The molecule has 3 aromatic rings. The van der Waals surface area contributed by atoms with E-state index in [4.69, 9.17) is 4.74 Å². The molecule has 3 aliphatic carbocycles. The van der Waals surface area contributed by atoms with Crippen molar-refractivity contribution in [2.75, 3.05) is 11.5 Å². The molecule has 0 N–H and O–H groups in total. The van der Waals surface area contributed by atoms with E-state index in [9.17, 15) is 14.4 Å². The summed E-state index contributed by atoms with van der Waals surface area (Å²) in [7, 11) is 0. The van der Waals surface area contributed by atoms with Crippen LogP contribution in [0.5, 0.6) is 5.75 Å².